The highest BCUT2D eigenvalue weighted by Crippen LogP contribution is 2.41. The highest BCUT2D eigenvalue weighted by atomic mass is 19.4. The third kappa shape index (κ3) is 38.1. The van der Waals surface area contributed by atoms with Crippen LogP contribution in [0.25, 0.3) is 0 Å². The van der Waals surface area contributed by atoms with Gasteiger partial charge in [-0.25, -0.2) is 0 Å². The van der Waals surface area contributed by atoms with Gasteiger partial charge in [0, 0.05) is 41.7 Å². The van der Waals surface area contributed by atoms with E-state index in [1.54, 1.807) is 11.6 Å². The Morgan fingerprint density at radius 3 is 1.07 bits per heavy atom. The van der Waals surface area contributed by atoms with E-state index in [-0.39, 0.29) is 20.3 Å². The number of aromatic nitrogens is 3. The van der Waals surface area contributed by atoms with Gasteiger partial charge in [-0.1, -0.05) is 259 Å². The molecule has 0 radical (unpaired) electrons. The molecule has 1 aliphatic heterocycles. The summed E-state index contributed by atoms with van der Waals surface area (Å²) in [5.41, 5.74) is 16.9. The normalized spacial score (nSPS) is 17.0. The number of alkyl halides is 3. The molecule has 3 aliphatic carbocycles. The number of nitrogens with zero attached hydrogens (tertiary/aromatic N) is 4. The number of benzene rings is 3. The molecule has 1 atom stereocenters. The topological polar surface area (TPSA) is 41.9 Å². The summed E-state index contributed by atoms with van der Waals surface area (Å²) in [6.07, 6.45) is 16.1. The first-order chi connectivity index (χ1) is 44.6. The van der Waals surface area contributed by atoms with Crippen LogP contribution < -0.4 is 0 Å². The third-order valence-electron chi connectivity index (χ3n) is 19.0. The van der Waals surface area contributed by atoms with E-state index in [0.717, 1.165) is 41.3 Å². The van der Waals surface area contributed by atoms with Crippen molar-refractivity contribution in [2.75, 3.05) is 13.1 Å². The molecule has 0 bridgehead atoms. The number of aryl methyl sites for hydroxylation is 5. The number of hydrogen-bond donors (Lipinski definition) is 0. The predicted molar refractivity (Wildman–Crippen MR) is 416 cm³/mol. The summed E-state index contributed by atoms with van der Waals surface area (Å²) in [5, 5.41) is 0. The molecule has 2 saturated carbocycles. The molecule has 10 rings (SSSR count). The van der Waals surface area contributed by atoms with E-state index >= 15 is 0 Å². The van der Waals surface area contributed by atoms with Crippen molar-refractivity contribution in [3.63, 3.8) is 0 Å². The smallest absolute Gasteiger partial charge is 0.301 e. The monoisotopic (exact) mass is 1320 g/mol. The minimum absolute atomic E-state index is 0. The number of rotatable bonds is 10. The maximum Gasteiger partial charge on any atom is 0.392 e. The molecular weight excluding hydrogens is 1180 g/mol. The van der Waals surface area contributed by atoms with Gasteiger partial charge in [-0.15, -0.1) is 0 Å². The minimum Gasteiger partial charge on any atom is -0.301 e. The molecule has 1 saturated heterocycles. The Labute approximate surface area is 589 Å². The van der Waals surface area contributed by atoms with Crippen molar-refractivity contribution in [3.05, 3.63) is 207 Å². The van der Waals surface area contributed by atoms with Gasteiger partial charge in [0.1, 0.15) is 0 Å². The fraction of sp³-hybridized carbons (Fsp3) is 0.607. The van der Waals surface area contributed by atoms with Crippen molar-refractivity contribution in [2.45, 2.75) is 305 Å². The van der Waals surface area contributed by atoms with Crippen molar-refractivity contribution in [3.8, 4) is 0 Å². The van der Waals surface area contributed by atoms with Crippen molar-refractivity contribution < 1.29 is 13.2 Å². The molecule has 3 aromatic heterocycles. The average molecular weight is 1320 g/mol. The van der Waals surface area contributed by atoms with Gasteiger partial charge in [0.05, 0.1) is 5.92 Å². The Hall–Kier alpha value is -5.40. The Balaban J connectivity index is 0.000000540. The fourth-order valence-electron chi connectivity index (χ4n) is 11.1. The fourth-order valence-corrected chi connectivity index (χ4v) is 11.1. The predicted octanol–water partition coefficient (Wildman–Crippen LogP) is 27.6. The second-order valence-corrected chi connectivity index (χ2v) is 31.0. The van der Waals surface area contributed by atoms with E-state index in [1.165, 1.54) is 126 Å². The first-order valence-electron chi connectivity index (χ1n) is 37.1. The van der Waals surface area contributed by atoms with Crippen LogP contribution in [0.1, 0.15) is 325 Å². The molecule has 6 aromatic rings. The van der Waals surface area contributed by atoms with Crippen LogP contribution >= 0.6 is 0 Å². The summed E-state index contributed by atoms with van der Waals surface area (Å²) in [5.74, 6) is 7.78. The largest absolute Gasteiger partial charge is 0.392 e. The van der Waals surface area contributed by atoms with Gasteiger partial charge in [0.15, 0.2) is 0 Å². The number of likely N-dealkylation sites (tertiary alicyclic amines) is 1. The van der Waals surface area contributed by atoms with Crippen LogP contribution in [0.15, 0.2) is 139 Å². The molecule has 0 spiro atoms. The van der Waals surface area contributed by atoms with Crippen molar-refractivity contribution in [1.82, 2.24) is 19.9 Å². The molecule has 4 heterocycles. The quantitative estimate of drug-likeness (QED) is 0.128. The van der Waals surface area contributed by atoms with E-state index in [4.69, 9.17) is 0 Å². The van der Waals surface area contributed by atoms with Crippen molar-refractivity contribution >= 4 is 0 Å². The van der Waals surface area contributed by atoms with Crippen LogP contribution in [-0.2, 0) is 0 Å². The second kappa shape index (κ2) is 46.8. The highest BCUT2D eigenvalue weighted by Gasteiger charge is 2.39. The average Bonchev–Trinajstić information content (AvgIpc) is 2.07. The molecule has 4 nitrogen and oxygen atoms in total. The first kappa shape index (κ1) is 88.6. The molecule has 96 heavy (non-hydrogen) atoms. The van der Waals surface area contributed by atoms with Gasteiger partial charge in [0.25, 0.3) is 0 Å². The lowest BCUT2D eigenvalue weighted by Crippen LogP contribution is -2.37. The molecular formula is C89H141F3N4. The van der Waals surface area contributed by atoms with Gasteiger partial charge in [0.2, 0.25) is 0 Å². The molecule has 4 aliphatic rings. The Morgan fingerprint density at radius 1 is 0.396 bits per heavy atom. The van der Waals surface area contributed by atoms with E-state index in [2.05, 4.69) is 281 Å². The maximum atomic E-state index is 12.2. The lowest BCUT2D eigenvalue weighted by molar-refractivity contribution is -0.176. The molecule has 7 heteroatoms. The Morgan fingerprint density at radius 2 is 0.781 bits per heavy atom. The number of halogens is 3. The molecule has 1 unspecified atom stereocenters. The summed E-state index contributed by atoms with van der Waals surface area (Å²) >= 11 is 0. The molecule has 0 N–H and O–H groups in total. The summed E-state index contributed by atoms with van der Waals surface area (Å²) in [6.45, 7) is 57.4. The molecule has 538 valence electrons. The van der Waals surface area contributed by atoms with Gasteiger partial charge < -0.3 is 4.90 Å². The standard InChI is InChI=1S/C12H16.C10H15F3.C10H20.2C10H14.C9H19N.3C9H13N.CH4/c1-9(2)10-3-5-11(6-4-10)12-7-8-12;1-7(2)8-3-5-9(6-4-8)10(11,12)13;4*1-8(2)10-6-4-9(3)5-7-10;1-7(2)9-5-4-8(3)10-6-9;2*1-7(2)9-5-4-8(3)6-10-9;/h3-6,9,12H,7-8H2,1-2H3;3,7,9H,4-6H2,1-2H3;8-10H,4-7H2,1-3H3;2*4-8H,1-3H3;8-9H,4-7H2,1-3H3;3*4-7H,1-3H3;1H4. The zero-order chi connectivity index (χ0) is 71.5. The van der Waals surface area contributed by atoms with Crippen LogP contribution in [0.5, 0.6) is 0 Å². The van der Waals surface area contributed by atoms with E-state index in [9.17, 15) is 13.2 Å². The molecule has 3 aromatic carbocycles. The third-order valence-corrected chi connectivity index (χ3v) is 19.0. The number of piperidine rings is 1. The molecule has 0 amide bonds. The van der Waals surface area contributed by atoms with Crippen molar-refractivity contribution in [2.24, 2.45) is 35.5 Å². The maximum absolute atomic E-state index is 12.2. The second-order valence-electron chi connectivity index (χ2n) is 31.0. The zero-order valence-electron chi connectivity index (χ0n) is 64.9. The minimum atomic E-state index is -4.00. The highest BCUT2D eigenvalue weighted by molar-refractivity contribution is 5.30. The zero-order valence-corrected chi connectivity index (χ0v) is 64.9. The van der Waals surface area contributed by atoms with E-state index in [0.29, 0.717) is 47.8 Å². The van der Waals surface area contributed by atoms with E-state index < -0.39 is 12.1 Å². The van der Waals surface area contributed by atoms with Crippen molar-refractivity contribution in [1.29, 1.82) is 0 Å². The van der Waals surface area contributed by atoms with Gasteiger partial charge in [-0.2, -0.15) is 13.2 Å². The van der Waals surface area contributed by atoms with Crippen LogP contribution in [0.2, 0.25) is 0 Å². The molecule has 3 fully saturated rings. The summed E-state index contributed by atoms with van der Waals surface area (Å²) in [4.78, 5) is 15.3. The van der Waals surface area contributed by atoms with Gasteiger partial charge >= 0.3 is 6.18 Å². The number of hydrogen-bond acceptors (Lipinski definition) is 4. The van der Waals surface area contributed by atoms with Crippen LogP contribution in [0.3, 0.4) is 0 Å². The SMILES string of the molecule is C.CC(C)C1=CCC(C(F)(F)F)CC1.CC(C)c1ccc(C2CC2)cc1.CC1CCC(C(C)C)CC1.CC1CCN(C(C)C)CC1.Cc1ccc(C(C)C)cc1.Cc1ccc(C(C)C)cc1.Cc1ccc(C(C)C)cn1.Cc1ccc(C(C)C)nc1.Cc1ccc(C(C)C)nc1. The summed E-state index contributed by atoms with van der Waals surface area (Å²) < 4.78 is 36.7. The van der Waals surface area contributed by atoms with Gasteiger partial charge in [-0.05, 0) is 248 Å². The Kier molecular flexibility index (Phi) is 43.2. The van der Waals surface area contributed by atoms with Crippen LogP contribution in [0, 0.1) is 70.1 Å². The van der Waals surface area contributed by atoms with Crippen LogP contribution in [-0.4, -0.2) is 45.2 Å². The lowest BCUT2D eigenvalue weighted by atomic mass is 9.78. The number of pyridine rings is 3. The summed E-state index contributed by atoms with van der Waals surface area (Å²) in [6, 6.07) is 39.9. The van der Waals surface area contributed by atoms with E-state index in [1.807, 2.05) is 39.4 Å². The van der Waals surface area contributed by atoms with Gasteiger partial charge in [-0.3, -0.25) is 15.0 Å². The lowest BCUT2D eigenvalue weighted by Gasteiger charge is -2.33. The number of allylic oxidation sites excluding steroid dienone is 2. The Bertz CT molecular complexity index is 2560. The first-order valence-corrected chi connectivity index (χ1v) is 37.1. The van der Waals surface area contributed by atoms with Crippen LogP contribution in [0.4, 0.5) is 13.2 Å². The summed E-state index contributed by atoms with van der Waals surface area (Å²) in [7, 11) is 0.